The molecule has 0 fully saturated rings. The molecule has 0 saturated carbocycles. The van der Waals surface area contributed by atoms with Gasteiger partial charge in [-0.1, -0.05) is 6.07 Å². The second-order valence-electron chi connectivity index (χ2n) is 4.02. The molecule has 0 atom stereocenters. The third kappa shape index (κ3) is 3.33. The van der Waals surface area contributed by atoms with Gasteiger partial charge in [0.1, 0.15) is 12.3 Å². The van der Waals surface area contributed by atoms with E-state index in [2.05, 4.69) is 20.3 Å². The predicted octanol–water partition coefficient (Wildman–Crippen LogP) is 1.22. The van der Waals surface area contributed by atoms with Crippen LogP contribution in [0, 0.1) is 0 Å². The van der Waals surface area contributed by atoms with Crippen molar-refractivity contribution in [2.24, 2.45) is 0 Å². The number of nitrogen functional groups attached to an aromatic ring is 1. The van der Waals surface area contributed by atoms with Crippen LogP contribution in [0.2, 0.25) is 0 Å². The summed E-state index contributed by atoms with van der Waals surface area (Å²) in [5, 5.41) is 3.13. The van der Waals surface area contributed by atoms with Crippen LogP contribution in [0.25, 0.3) is 0 Å². The van der Waals surface area contributed by atoms with E-state index in [4.69, 9.17) is 15.2 Å². The third-order valence-corrected chi connectivity index (χ3v) is 2.59. The van der Waals surface area contributed by atoms with Crippen molar-refractivity contribution in [2.75, 3.05) is 25.3 Å². The number of nitrogens with one attached hydrogen (secondary N) is 1. The minimum absolute atomic E-state index is 0.287. The summed E-state index contributed by atoms with van der Waals surface area (Å²) in [7, 11) is 3.09. The summed E-state index contributed by atoms with van der Waals surface area (Å²) in [6.45, 7) is 0.798. The van der Waals surface area contributed by atoms with Crippen LogP contribution in [0.5, 0.6) is 5.88 Å². The Morgan fingerprint density at radius 3 is 2.75 bits per heavy atom. The lowest BCUT2D eigenvalue weighted by Crippen LogP contribution is -2.10. The fourth-order valence-corrected chi connectivity index (χ4v) is 1.65. The highest BCUT2D eigenvalue weighted by Gasteiger charge is 2.12. The zero-order valence-corrected chi connectivity index (χ0v) is 11.5. The van der Waals surface area contributed by atoms with Gasteiger partial charge >= 0.3 is 0 Å². The number of aromatic nitrogens is 3. The molecule has 0 aliphatic heterocycles. The van der Waals surface area contributed by atoms with Gasteiger partial charge in [0.2, 0.25) is 5.88 Å². The van der Waals surface area contributed by atoms with Gasteiger partial charge in [-0.25, -0.2) is 4.98 Å². The highest BCUT2D eigenvalue weighted by atomic mass is 16.5. The molecule has 20 heavy (non-hydrogen) atoms. The SMILES string of the molecule is COCc1nc(NCc2ccccn2)c(N)c(OC)n1. The Morgan fingerprint density at radius 2 is 2.10 bits per heavy atom. The van der Waals surface area contributed by atoms with E-state index in [0.717, 1.165) is 5.69 Å². The van der Waals surface area contributed by atoms with E-state index in [1.165, 1.54) is 7.11 Å². The van der Waals surface area contributed by atoms with Gasteiger partial charge in [0, 0.05) is 13.3 Å². The van der Waals surface area contributed by atoms with Crippen LogP contribution in [0.4, 0.5) is 11.5 Å². The van der Waals surface area contributed by atoms with Gasteiger partial charge in [0.05, 0.1) is 19.3 Å². The van der Waals surface area contributed by atoms with Crippen molar-refractivity contribution in [3.63, 3.8) is 0 Å². The maximum atomic E-state index is 5.95. The molecule has 0 aliphatic carbocycles. The molecule has 3 N–H and O–H groups in total. The minimum atomic E-state index is 0.287. The number of ether oxygens (including phenoxy) is 2. The van der Waals surface area contributed by atoms with Crippen LogP contribution >= 0.6 is 0 Å². The quantitative estimate of drug-likeness (QED) is 0.818. The Kier molecular flexibility index (Phi) is 4.67. The summed E-state index contributed by atoms with van der Waals surface area (Å²) in [5.41, 5.74) is 7.20. The van der Waals surface area contributed by atoms with Gasteiger partial charge in [-0.2, -0.15) is 4.98 Å². The lowest BCUT2D eigenvalue weighted by Gasteiger charge is -2.12. The normalized spacial score (nSPS) is 10.3. The van der Waals surface area contributed by atoms with E-state index in [-0.39, 0.29) is 6.61 Å². The molecule has 0 aliphatic rings. The van der Waals surface area contributed by atoms with Crippen LogP contribution in [-0.2, 0) is 17.9 Å². The predicted molar refractivity (Wildman–Crippen MR) is 75.3 cm³/mol. The van der Waals surface area contributed by atoms with Crippen LogP contribution in [0.1, 0.15) is 11.5 Å². The van der Waals surface area contributed by atoms with Crippen molar-refractivity contribution in [1.82, 2.24) is 15.0 Å². The van der Waals surface area contributed by atoms with Gasteiger partial charge in [0.25, 0.3) is 0 Å². The Morgan fingerprint density at radius 1 is 1.25 bits per heavy atom. The van der Waals surface area contributed by atoms with E-state index in [1.807, 2.05) is 18.2 Å². The number of hydrogen-bond acceptors (Lipinski definition) is 7. The molecule has 106 valence electrons. The summed E-state index contributed by atoms with van der Waals surface area (Å²) in [4.78, 5) is 12.7. The molecule has 0 saturated heterocycles. The van der Waals surface area contributed by atoms with E-state index < -0.39 is 0 Å². The maximum absolute atomic E-state index is 5.95. The number of anilines is 2. The first-order chi connectivity index (χ1) is 9.74. The summed E-state index contributed by atoms with van der Waals surface area (Å²) in [6, 6.07) is 5.70. The van der Waals surface area contributed by atoms with E-state index >= 15 is 0 Å². The zero-order chi connectivity index (χ0) is 14.4. The van der Waals surface area contributed by atoms with Crippen molar-refractivity contribution in [3.8, 4) is 5.88 Å². The number of nitrogens with two attached hydrogens (primary N) is 1. The second kappa shape index (κ2) is 6.67. The first-order valence-electron chi connectivity index (χ1n) is 6.07. The molecule has 7 heteroatoms. The molecule has 0 aromatic carbocycles. The Balaban J connectivity index is 2.19. The number of nitrogens with zero attached hydrogens (tertiary/aromatic N) is 3. The third-order valence-electron chi connectivity index (χ3n) is 2.59. The van der Waals surface area contributed by atoms with Gasteiger partial charge in [0.15, 0.2) is 11.6 Å². The summed E-state index contributed by atoms with van der Waals surface area (Å²) < 4.78 is 10.2. The lowest BCUT2D eigenvalue weighted by atomic mass is 10.3. The van der Waals surface area contributed by atoms with Gasteiger partial charge in [-0.3, -0.25) is 4.98 Å². The summed E-state index contributed by atoms with van der Waals surface area (Å²) in [5.74, 6) is 1.34. The number of pyridine rings is 1. The number of methoxy groups -OCH3 is 2. The highest BCUT2D eigenvalue weighted by Crippen LogP contribution is 2.26. The monoisotopic (exact) mass is 275 g/mol. The largest absolute Gasteiger partial charge is 0.479 e. The molecule has 2 aromatic rings. The lowest BCUT2D eigenvalue weighted by molar-refractivity contribution is 0.177. The van der Waals surface area contributed by atoms with Crippen molar-refractivity contribution in [2.45, 2.75) is 13.2 Å². The van der Waals surface area contributed by atoms with Crippen molar-refractivity contribution in [3.05, 3.63) is 35.9 Å². The second-order valence-corrected chi connectivity index (χ2v) is 4.02. The molecule has 2 heterocycles. The smallest absolute Gasteiger partial charge is 0.242 e. The minimum Gasteiger partial charge on any atom is -0.479 e. The Hall–Kier alpha value is -2.41. The van der Waals surface area contributed by atoms with E-state index in [1.54, 1.807) is 13.3 Å². The fraction of sp³-hybridized carbons (Fsp3) is 0.308. The van der Waals surface area contributed by atoms with Crippen molar-refractivity contribution >= 4 is 11.5 Å². The molecular weight excluding hydrogens is 258 g/mol. The molecule has 2 rings (SSSR count). The topological polar surface area (TPSA) is 95.2 Å². The molecule has 0 amide bonds. The Bertz CT molecular complexity index is 562. The Labute approximate surface area is 117 Å². The summed E-state index contributed by atoms with van der Waals surface area (Å²) >= 11 is 0. The van der Waals surface area contributed by atoms with E-state index in [9.17, 15) is 0 Å². The number of rotatable bonds is 6. The molecule has 0 spiro atoms. The molecule has 0 bridgehead atoms. The van der Waals surface area contributed by atoms with Gasteiger partial charge in [-0.05, 0) is 12.1 Å². The zero-order valence-electron chi connectivity index (χ0n) is 11.5. The van der Waals surface area contributed by atoms with E-state index in [0.29, 0.717) is 29.8 Å². The standard InChI is InChI=1S/C13H17N5O2/c1-19-8-10-17-12(11(14)13(18-10)20-2)16-7-9-5-3-4-6-15-9/h3-6H,7-8,14H2,1-2H3,(H,16,17,18). The highest BCUT2D eigenvalue weighted by molar-refractivity contribution is 5.66. The fourth-order valence-electron chi connectivity index (χ4n) is 1.65. The molecule has 7 nitrogen and oxygen atoms in total. The van der Waals surface area contributed by atoms with Crippen molar-refractivity contribution in [1.29, 1.82) is 0 Å². The molecule has 0 radical (unpaired) electrons. The van der Waals surface area contributed by atoms with Gasteiger partial charge < -0.3 is 20.5 Å². The average molecular weight is 275 g/mol. The van der Waals surface area contributed by atoms with Crippen LogP contribution in [-0.4, -0.2) is 29.2 Å². The summed E-state index contributed by atoms with van der Waals surface area (Å²) in [6.07, 6.45) is 1.73. The molecule has 2 aromatic heterocycles. The first-order valence-corrected chi connectivity index (χ1v) is 6.07. The first kappa shape index (κ1) is 14.0. The average Bonchev–Trinajstić information content (AvgIpc) is 2.48. The van der Waals surface area contributed by atoms with Crippen LogP contribution < -0.4 is 15.8 Å². The van der Waals surface area contributed by atoms with Gasteiger partial charge in [-0.15, -0.1) is 0 Å². The molecule has 0 unspecified atom stereocenters. The maximum Gasteiger partial charge on any atom is 0.242 e. The number of hydrogen-bond donors (Lipinski definition) is 2. The molecular formula is C13H17N5O2. The van der Waals surface area contributed by atoms with Crippen LogP contribution in [0.15, 0.2) is 24.4 Å². The van der Waals surface area contributed by atoms with Crippen LogP contribution in [0.3, 0.4) is 0 Å². The van der Waals surface area contributed by atoms with Crippen molar-refractivity contribution < 1.29 is 9.47 Å².